The lowest BCUT2D eigenvalue weighted by Gasteiger charge is -2.05. The van der Waals surface area contributed by atoms with Gasteiger partial charge in [-0.15, -0.1) is 11.3 Å². The highest BCUT2D eigenvalue weighted by Gasteiger charge is 2.13. The van der Waals surface area contributed by atoms with E-state index in [0.29, 0.717) is 11.6 Å². The number of fused-ring (bicyclic) bond motifs is 1. The maximum absolute atomic E-state index is 12.5. The monoisotopic (exact) mass is 362 g/mol. The van der Waals surface area contributed by atoms with Gasteiger partial charge in [-0.05, 0) is 23.6 Å². The van der Waals surface area contributed by atoms with Crippen molar-refractivity contribution in [3.8, 4) is 10.6 Å². The second-order valence-electron chi connectivity index (χ2n) is 6.36. The van der Waals surface area contributed by atoms with Crippen molar-refractivity contribution in [2.75, 3.05) is 5.43 Å². The zero-order valence-electron chi connectivity index (χ0n) is 14.5. The van der Waals surface area contributed by atoms with E-state index in [1.807, 2.05) is 24.3 Å². The number of amides is 1. The van der Waals surface area contributed by atoms with Crippen LogP contribution in [0.5, 0.6) is 0 Å². The minimum absolute atomic E-state index is 0.255. The summed E-state index contributed by atoms with van der Waals surface area (Å²) in [4.78, 5) is 21.3. The average molecular weight is 362 g/mol. The highest BCUT2D eigenvalue weighted by atomic mass is 32.1. The molecule has 0 saturated carbocycles. The van der Waals surface area contributed by atoms with Crippen LogP contribution in [0.15, 0.2) is 60.2 Å². The molecule has 4 aromatic rings. The highest BCUT2D eigenvalue weighted by Crippen LogP contribution is 2.26. The highest BCUT2D eigenvalue weighted by molar-refractivity contribution is 7.13. The summed E-state index contributed by atoms with van der Waals surface area (Å²) < 4.78 is 1.62. The van der Waals surface area contributed by atoms with Crippen molar-refractivity contribution in [1.82, 2.24) is 14.6 Å². The zero-order chi connectivity index (χ0) is 18.1. The fourth-order valence-electron chi connectivity index (χ4n) is 2.74. The lowest BCUT2D eigenvalue weighted by molar-refractivity contribution is 0.100. The number of aromatic nitrogens is 3. The van der Waals surface area contributed by atoms with Crippen LogP contribution in [-0.2, 0) is 0 Å². The average Bonchev–Trinajstić information content (AvgIpc) is 3.30. The Kier molecular flexibility index (Phi) is 4.26. The standard InChI is InChI=1S/C20H18N4OS/c1-13(2)14-7-9-15(10-8-14)20-22-17(11-26-20)19(25)23-24-12-21-16-5-3-4-6-18(16)24/h3-13H,1-2H3,(H,23,25). The summed E-state index contributed by atoms with van der Waals surface area (Å²) >= 11 is 1.46. The molecule has 26 heavy (non-hydrogen) atoms. The largest absolute Gasteiger partial charge is 0.289 e. The summed E-state index contributed by atoms with van der Waals surface area (Å²) in [5, 5.41) is 2.61. The van der Waals surface area contributed by atoms with E-state index in [0.717, 1.165) is 21.6 Å². The number of para-hydroxylation sites is 2. The Morgan fingerprint density at radius 3 is 2.65 bits per heavy atom. The Bertz CT molecular complexity index is 1060. The van der Waals surface area contributed by atoms with Crippen LogP contribution in [-0.4, -0.2) is 20.6 Å². The minimum Gasteiger partial charge on any atom is -0.266 e. The van der Waals surface area contributed by atoms with Crippen molar-refractivity contribution in [3.63, 3.8) is 0 Å². The summed E-state index contributed by atoms with van der Waals surface area (Å²) in [6, 6.07) is 16.0. The molecule has 0 aliphatic heterocycles. The molecule has 0 radical (unpaired) electrons. The van der Waals surface area contributed by atoms with Crippen molar-refractivity contribution in [2.45, 2.75) is 19.8 Å². The maximum atomic E-state index is 12.5. The third-order valence-corrected chi connectivity index (χ3v) is 5.13. The SMILES string of the molecule is CC(C)c1ccc(-c2nc(C(=O)Nn3cnc4ccccc43)cs2)cc1. The summed E-state index contributed by atoms with van der Waals surface area (Å²) in [6.07, 6.45) is 1.60. The van der Waals surface area contributed by atoms with E-state index in [4.69, 9.17) is 0 Å². The van der Waals surface area contributed by atoms with Crippen molar-refractivity contribution < 1.29 is 4.79 Å². The van der Waals surface area contributed by atoms with Crippen molar-refractivity contribution >= 4 is 28.3 Å². The smallest absolute Gasteiger partial charge is 0.266 e. The van der Waals surface area contributed by atoms with Gasteiger partial charge in [0.15, 0.2) is 0 Å². The molecule has 0 aliphatic rings. The molecule has 1 amide bonds. The fraction of sp³-hybridized carbons (Fsp3) is 0.150. The second-order valence-corrected chi connectivity index (χ2v) is 7.22. The van der Waals surface area contributed by atoms with Gasteiger partial charge in [0.25, 0.3) is 5.91 Å². The number of thiazole rings is 1. The summed E-state index contributed by atoms with van der Waals surface area (Å²) in [6.45, 7) is 4.33. The van der Waals surface area contributed by atoms with Crippen molar-refractivity contribution in [2.24, 2.45) is 0 Å². The minimum atomic E-state index is -0.255. The number of nitrogens with one attached hydrogen (secondary N) is 1. The van der Waals surface area contributed by atoms with Crippen LogP contribution in [0, 0.1) is 0 Å². The Labute approximate surface area is 155 Å². The van der Waals surface area contributed by atoms with Crippen LogP contribution in [0.4, 0.5) is 0 Å². The topological polar surface area (TPSA) is 59.8 Å². The molecule has 0 spiro atoms. The maximum Gasteiger partial charge on any atom is 0.289 e. The van der Waals surface area contributed by atoms with E-state index in [9.17, 15) is 4.79 Å². The normalized spacial score (nSPS) is 11.2. The first kappa shape index (κ1) is 16.5. The van der Waals surface area contributed by atoms with Gasteiger partial charge in [-0.3, -0.25) is 10.2 Å². The molecule has 6 heteroatoms. The molecule has 0 unspecified atom stereocenters. The van der Waals surface area contributed by atoms with Gasteiger partial charge in [0.2, 0.25) is 0 Å². The van der Waals surface area contributed by atoms with Gasteiger partial charge in [-0.1, -0.05) is 50.2 Å². The predicted molar refractivity (Wildman–Crippen MR) is 105 cm³/mol. The molecule has 0 fully saturated rings. The Hall–Kier alpha value is -2.99. The summed E-state index contributed by atoms with van der Waals surface area (Å²) in [7, 11) is 0. The van der Waals surface area contributed by atoms with Crippen LogP contribution < -0.4 is 5.43 Å². The molecule has 2 aromatic carbocycles. The lowest BCUT2D eigenvalue weighted by Crippen LogP contribution is -2.22. The zero-order valence-corrected chi connectivity index (χ0v) is 15.3. The molecule has 0 atom stereocenters. The third-order valence-electron chi connectivity index (χ3n) is 4.24. The number of nitrogens with zero attached hydrogens (tertiary/aromatic N) is 3. The van der Waals surface area contributed by atoms with Gasteiger partial charge in [0, 0.05) is 10.9 Å². The van der Waals surface area contributed by atoms with Crippen LogP contribution in [0.1, 0.15) is 35.8 Å². The first-order chi connectivity index (χ1) is 12.6. The van der Waals surface area contributed by atoms with Crippen molar-refractivity contribution in [1.29, 1.82) is 0 Å². The molecular weight excluding hydrogens is 344 g/mol. The van der Waals surface area contributed by atoms with Crippen LogP contribution in [0.3, 0.4) is 0 Å². The van der Waals surface area contributed by atoms with Gasteiger partial charge >= 0.3 is 0 Å². The fourth-order valence-corrected chi connectivity index (χ4v) is 3.54. The molecule has 2 aromatic heterocycles. The van der Waals surface area contributed by atoms with Gasteiger partial charge in [-0.25, -0.2) is 14.6 Å². The van der Waals surface area contributed by atoms with E-state index >= 15 is 0 Å². The number of carbonyl (C=O) groups excluding carboxylic acids is 1. The number of hydrogen-bond acceptors (Lipinski definition) is 4. The number of benzene rings is 2. The van der Waals surface area contributed by atoms with Crippen molar-refractivity contribution in [3.05, 3.63) is 71.5 Å². The second kappa shape index (κ2) is 6.72. The molecule has 5 nitrogen and oxygen atoms in total. The predicted octanol–water partition coefficient (Wildman–Crippen LogP) is 4.67. The molecule has 0 aliphatic carbocycles. The molecule has 4 rings (SSSR count). The molecule has 1 N–H and O–H groups in total. The van der Waals surface area contributed by atoms with E-state index < -0.39 is 0 Å². The third kappa shape index (κ3) is 3.11. The number of carbonyl (C=O) groups is 1. The van der Waals surface area contributed by atoms with Gasteiger partial charge in [0.1, 0.15) is 17.0 Å². The molecule has 0 bridgehead atoms. The Balaban J connectivity index is 1.54. The number of rotatable bonds is 4. The van der Waals surface area contributed by atoms with Crippen LogP contribution in [0.2, 0.25) is 0 Å². The van der Waals surface area contributed by atoms with Crippen LogP contribution >= 0.6 is 11.3 Å². The molecule has 130 valence electrons. The quantitative estimate of drug-likeness (QED) is 0.574. The molecular formula is C20H18N4OS. The summed E-state index contributed by atoms with van der Waals surface area (Å²) in [5.74, 6) is 0.237. The summed E-state index contributed by atoms with van der Waals surface area (Å²) in [5.41, 5.74) is 7.21. The van der Waals surface area contributed by atoms with E-state index in [1.165, 1.54) is 16.9 Å². The van der Waals surface area contributed by atoms with Gasteiger partial charge in [0.05, 0.1) is 11.0 Å². The Morgan fingerprint density at radius 2 is 1.88 bits per heavy atom. The van der Waals surface area contributed by atoms with Crippen LogP contribution in [0.25, 0.3) is 21.6 Å². The first-order valence-electron chi connectivity index (χ1n) is 8.41. The number of hydrogen-bond donors (Lipinski definition) is 1. The first-order valence-corrected chi connectivity index (χ1v) is 9.29. The van der Waals surface area contributed by atoms with Gasteiger partial charge in [-0.2, -0.15) is 0 Å². The van der Waals surface area contributed by atoms with Gasteiger partial charge < -0.3 is 0 Å². The lowest BCUT2D eigenvalue weighted by atomic mass is 10.0. The molecule has 2 heterocycles. The van der Waals surface area contributed by atoms with E-state index in [1.54, 1.807) is 16.4 Å². The van der Waals surface area contributed by atoms with E-state index in [2.05, 4.69) is 53.5 Å². The Morgan fingerprint density at radius 1 is 1.12 bits per heavy atom. The molecule has 0 saturated heterocycles. The number of imidazole rings is 1. The van der Waals surface area contributed by atoms with E-state index in [-0.39, 0.29) is 5.91 Å².